The predicted molar refractivity (Wildman–Crippen MR) is 148 cm³/mol. The normalized spacial score (nSPS) is 12.2. The summed E-state index contributed by atoms with van der Waals surface area (Å²) in [6.07, 6.45) is 1.62. The van der Waals surface area contributed by atoms with Crippen LogP contribution < -0.4 is 10.4 Å². The zero-order valence-electron chi connectivity index (χ0n) is 20.6. The van der Waals surface area contributed by atoms with Gasteiger partial charge in [-0.25, -0.2) is 18.7 Å². The molecule has 38 heavy (non-hydrogen) atoms. The first kappa shape index (κ1) is 23.6. The molecule has 0 aliphatic rings. The number of fused-ring (bicyclic) bond motifs is 1. The van der Waals surface area contributed by atoms with Gasteiger partial charge in [-0.1, -0.05) is 48.5 Å². The van der Waals surface area contributed by atoms with Gasteiger partial charge in [0.2, 0.25) is 4.80 Å². The van der Waals surface area contributed by atoms with Crippen LogP contribution in [0.1, 0.15) is 11.3 Å². The minimum Gasteiger partial charge on any atom is -0.454 e. The number of benzene rings is 3. The maximum Gasteiger partial charge on any atom is 0.297 e. The fraction of sp³-hybridized carbons (Fsp3) is 0.0690. The number of halogens is 1. The van der Waals surface area contributed by atoms with E-state index in [1.165, 1.54) is 23.5 Å². The third-order valence-electron chi connectivity index (χ3n) is 6.29. The van der Waals surface area contributed by atoms with E-state index in [9.17, 15) is 9.18 Å². The number of thiazole rings is 1. The van der Waals surface area contributed by atoms with E-state index in [0.29, 0.717) is 33.2 Å². The molecule has 0 fully saturated rings. The second kappa shape index (κ2) is 9.60. The molecule has 0 bridgehead atoms. The maximum absolute atomic E-state index is 13.5. The fourth-order valence-electron chi connectivity index (χ4n) is 4.22. The summed E-state index contributed by atoms with van der Waals surface area (Å²) in [5.74, 6) is 0.296. The Kier molecular flexibility index (Phi) is 5.97. The van der Waals surface area contributed by atoms with Gasteiger partial charge in [-0.05, 0) is 48.9 Å². The summed E-state index contributed by atoms with van der Waals surface area (Å²) in [6, 6.07) is 25.2. The average Bonchev–Trinajstić information content (AvgIpc) is 3.60. The Hall–Kier alpha value is -4.76. The van der Waals surface area contributed by atoms with E-state index < -0.39 is 0 Å². The highest BCUT2D eigenvalue weighted by Gasteiger charge is 2.18. The van der Waals surface area contributed by atoms with Crippen LogP contribution in [0.25, 0.3) is 28.1 Å². The molecule has 7 nitrogen and oxygen atoms in total. The van der Waals surface area contributed by atoms with Crippen molar-refractivity contribution in [1.82, 2.24) is 14.0 Å². The summed E-state index contributed by atoms with van der Waals surface area (Å²) in [5.41, 5.74) is 3.71. The molecule has 3 aromatic heterocycles. The lowest BCUT2D eigenvalue weighted by Gasteiger charge is -2.07. The van der Waals surface area contributed by atoms with Gasteiger partial charge in [0.1, 0.15) is 17.1 Å². The molecular formula is C29H22FN5O2S. The van der Waals surface area contributed by atoms with Gasteiger partial charge in [0.25, 0.3) is 5.56 Å². The lowest BCUT2D eigenvalue weighted by atomic mass is 10.2. The summed E-state index contributed by atoms with van der Waals surface area (Å²) in [7, 11) is 1.83. The molecule has 0 N–H and O–H groups in total. The highest BCUT2D eigenvalue weighted by molar-refractivity contribution is 7.07. The molecule has 0 spiro atoms. The molecule has 0 saturated heterocycles. The van der Waals surface area contributed by atoms with Crippen LogP contribution >= 0.6 is 11.3 Å². The molecule has 0 aliphatic carbocycles. The quantitative estimate of drug-likeness (QED) is 0.260. The van der Waals surface area contributed by atoms with Crippen molar-refractivity contribution >= 4 is 34.2 Å². The Morgan fingerprint density at radius 3 is 2.47 bits per heavy atom. The fourth-order valence-corrected chi connectivity index (χ4v) is 5.04. The van der Waals surface area contributed by atoms with Gasteiger partial charge in [0.15, 0.2) is 11.4 Å². The van der Waals surface area contributed by atoms with Crippen LogP contribution in [0.4, 0.5) is 10.1 Å². The Labute approximate surface area is 220 Å². The average molecular weight is 524 g/mol. The van der Waals surface area contributed by atoms with Crippen LogP contribution in [0.5, 0.6) is 0 Å². The van der Waals surface area contributed by atoms with Crippen molar-refractivity contribution in [3.05, 3.63) is 123 Å². The van der Waals surface area contributed by atoms with Crippen LogP contribution in [-0.4, -0.2) is 20.3 Å². The lowest BCUT2D eigenvalue weighted by molar-refractivity contribution is 0.622. The van der Waals surface area contributed by atoms with Gasteiger partial charge in [0, 0.05) is 17.8 Å². The molecule has 0 unspecified atom stereocenters. The maximum atomic E-state index is 13.5. The van der Waals surface area contributed by atoms with E-state index in [0.717, 1.165) is 16.7 Å². The lowest BCUT2D eigenvalue weighted by Crippen LogP contribution is -2.19. The minimum absolute atomic E-state index is 0.232. The van der Waals surface area contributed by atoms with E-state index in [1.807, 2.05) is 80.0 Å². The van der Waals surface area contributed by atoms with Gasteiger partial charge in [0.05, 0.1) is 17.6 Å². The molecule has 0 radical (unpaired) electrons. The molecule has 6 rings (SSSR count). The molecule has 0 atom stereocenters. The zero-order valence-corrected chi connectivity index (χ0v) is 21.4. The van der Waals surface area contributed by atoms with Gasteiger partial charge in [-0.3, -0.25) is 9.48 Å². The third kappa shape index (κ3) is 4.22. The van der Waals surface area contributed by atoms with Crippen LogP contribution in [0.2, 0.25) is 0 Å². The number of hydrogen-bond donors (Lipinski definition) is 0. The van der Waals surface area contributed by atoms with E-state index in [1.54, 1.807) is 32.4 Å². The molecule has 3 aromatic carbocycles. The predicted octanol–water partition coefficient (Wildman–Crippen LogP) is 6.01. The highest BCUT2D eigenvalue weighted by atomic mass is 32.1. The van der Waals surface area contributed by atoms with Crippen molar-refractivity contribution < 1.29 is 8.81 Å². The molecular weight excluding hydrogens is 501 g/mol. The van der Waals surface area contributed by atoms with Gasteiger partial charge in [-0.15, -0.1) is 11.3 Å². The summed E-state index contributed by atoms with van der Waals surface area (Å²) >= 11 is 1.35. The summed E-state index contributed by atoms with van der Waals surface area (Å²) in [6.45, 7) is 1.86. The number of nitrogens with zero attached hydrogens (tertiary/aromatic N) is 5. The Balaban J connectivity index is 1.54. The van der Waals surface area contributed by atoms with E-state index >= 15 is 0 Å². The monoisotopic (exact) mass is 523 g/mol. The molecule has 0 amide bonds. The van der Waals surface area contributed by atoms with E-state index in [2.05, 4.69) is 5.10 Å². The standard InChI is InChI=1S/C29H22FN5O2S/c1-19-27(28(36)35(33(19)2)23-9-4-3-5-10-23)32-29-34(31-17-20-12-14-22(30)15-13-20)24(18-38-29)26-16-21-8-6-7-11-25(21)37-26/h3-18H,1-2H3. The molecule has 3 heterocycles. The van der Waals surface area contributed by atoms with Crippen LogP contribution in [0, 0.1) is 12.7 Å². The van der Waals surface area contributed by atoms with Crippen molar-refractivity contribution in [1.29, 1.82) is 0 Å². The van der Waals surface area contributed by atoms with Crippen molar-refractivity contribution in [2.24, 2.45) is 17.1 Å². The van der Waals surface area contributed by atoms with Crippen LogP contribution in [-0.2, 0) is 7.05 Å². The van der Waals surface area contributed by atoms with Gasteiger partial charge in [-0.2, -0.15) is 5.10 Å². The van der Waals surface area contributed by atoms with Crippen LogP contribution in [0.3, 0.4) is 0 Å². The van der Waals surface area contributed by atoms with E-state index in [-0.39, 0.29) is 11.4 Å². The topological polar surface area (TPSA) is 69.7 Å². The molecule has 9 heteroatoms. The second-order valence-electron chi connectivity index (χ2n) is 8.68. The minimum atomic E-state index is -0.321. The Morgan fingerprint density at radius 2 is 1.71 bits per heavy atom. The van der Waals surface area contributed by atoms with E-state index in [4.69, 9.17) is 9.41 Å². The van der Waals surface area contributed by atoms with Crippen LogP contribution in [0.15, 0.2) is 110 Å². The SMILES string of the molecule is Cc1c(N=c2scc(-c3cc4ccccc4o3)n2N=Cc2ccc(F)cc2)c(=O)n(-c2ccccc2)n1C. The number of para-hydroxylation sites is 2. The van der Waals surface area contributed by atoms with Crippen molar-refractivity contribution in [2.45, 2.75) is 6.92 Å². The van der Waals surface area contributed by atoms with Gasteiger partial charge < -0.3 is 4.42 Å². The Morgan fingerprint density at radius 1 is 0.974 bits per heavy atom. The smallest absolute Gasteiger partial charge is 0.297 e. The first-order chi connectivity index (χ1) is 18.5. The first-order valence-corrected chi connectivity index (χ1v) is 12.8. The highest BCUT2D eigenvalue weighted by Crippen LogP contribution is 2.28. The third-order valence-corrected chi connectivity index (χ3v) is 7.10. The number of rotatable bonds is 5. The summed E-state index contributed by atoms with van der Waals surface area (Å²) in [5, 5.41) is 7.52. The zero-order chi connectivity index (χ0) is 26.2. The largest absolute Gasteiger partial charge is 0.454 e. The summed E-state index contributed by atoms with van der Waals surface area (Å²) in [4.78, 5) is 18.8. The van der Waals surface area contributed by atoms with Crippen molar-refractivity contribution in [3.63, 3.8) is 0 Å². The number of hydrogen-bond acceptors (Lipinski definition) is 5. The van der Waals surface area contributed by atoms with Crippen molar-refractivity contribution in [3.8, 4) is 17.1 Å². The Bertz CT molecular complexity index is 1890. The second-order valence-corrected chi connectivity index (χ2v) is 9.52. The number of furan rings is 1. The molecule has 0 saturated carbocycles. The molecule has 6 aromatic rings. The first-order valence-electron chi connectivity index (χ1n) is 11.9. The van der Waals surface area contributed by atoms with Gasteiger partial charge >= 0.3 is 0 Å². The summed E-state index contributed by atoms with van der Waals surface area (Å²) < 4.78 is 24.5. The molecule has 0 aliphatic heterocycles. The molecule has 188 valence electrons. The number of aromatic nitrogens is 3. The van der Waals surface area contributed by atoms with Crippen molar-refractivity contribution in [2.75, 3.05) is 0 Å².